The Morgan fingerprint density at radius 2 is 1.64 bits per heavy atom. The predicted octanol–water partition coefficient (Wildman–Crippen LogP) is 1.29. The molecule has 1 heterocycles. The van der Waals surface area contributed by atoms with Crippen molar-refractivity contribution in [1.82, 2.24) is 9.13 Å². The molecule has 3 N–H and O–H groups in total. The van der Waals surface area contributed by atoms with Crippen molar-refractivity contribution in [2.75, 3.05) is 24.8 Å². The molecule has 0 bridgehead atoms. The fourth-order valence-electron chi connectivity index (χ4n) is 3.44. The summed E-state index contributed by atoms with van der Waals surface area (Å²) >= 11 is 0. The SMILES string of the molecule is COc1ccc(CCC(=O)Nc2ccccc2C(=O)OCC(=O)c2c(N)n(C)c(=O)n(C)c2=O)cc1. The summed E-state index contributed by atoms with van der Waals surface area (Å²) in [6.07, 6.45) is 0.649. The number of nitrogen functional groups attached to an aromatic ring is 1. The van der Waals surface area contributed by atoms with E-state index in [-0.39, 0.29) is 29.4 Å². The average Bonchev–Trinajstić information content (AvgIpc) is 2.89. The monoisotopic (exact) mass is 494 g/mol. The Morgan fingerprint density at radius 1 is 0.972 bits per heavy atom. The number of rotatable bonds is 9. The summed E-state index contributed by atoms with van der Waals surface area (Å²) in [7, 11) is 4.09. The lowest BCUT2D eigenvalue weighted by molar-refractivity contribution is -0.116. The lowest BCUT2D eigenvalue weighted by Crippen LogP contribution is -2.42. The largest absolute Gasteiger partial charge is 0.497 e. The highest BCUT2D eigenvalue weighted by Crippen LogP contribution is 2.18. The number of esters is 1. The lowest BCUT2D eigenvalue weighted by Gasteiger charge is -2.12. The number of nitrogens with two attached hydrogens (primary N) is 1. The van der Waals surface area contributed by atoms with Gasteiger partial charge in [0.15, 0.2) is 6.61 Å². The van der Waals surface area contributed by atoms with Crippen LogP contribution in [-0.2, 0) is 30.0 Å². The number of carbonyl (C=O) groups excluding carboxylic acids is 3. The van der Waals surface area contributed by atoms with Crippen LogP contribution >= 0.6 is 0 Å². The average molecular weight is 495 g/mol. The number of para-hydroxylation sites is 1. The summed E-state index contributed by atoms with van der Waals surface area (Å²) in [6, 6.07) is 13.5. The highest BCUT2D eigenvalue weighted by molar-refractivity contribution is 6.04. The van der Waals surface area contributed by atoms with E-state index < -0.39 is 35.2 Å². The zero-order chi connectivity index (χ0) is 26.4. The number of aryl methyl sites for hydroxylation is 1. The number of ether oxygens (including phenoxy) is 2. The highest BCUT2D eigenvalue weighted by atomic mass is 16.5. The maximum absolute atomic E-state index is 12.7. The standard InChI is InChI=1S/C25H26N4O7/c1-28-22(26)21(23(32)29(2)25(28)34)19(30)14-36-24(33)17-6-4-5-7-18(17)27-20(31)13-10-15-8-11-16(35-3)12-9-15/h4-9,11-12H,10,13-14,26H2,1-3H3,(H,27,31). The number of nitrogens with one attached hydrogen (secondary N) is 1. The molecule has 0 atom stereocenters. The Kier molecular flexibility index (Phi) is 8.05. The second kappa shape index (κ2) is 11.2. The Hall–Kier alpha value is -4.67. The molecule has 0 aliphatic heterocycles. The van der Waals surface area contributed by atoms with Crippen molar-refractivity contribution in [2.45, 2.75) is 12.8 Å². The van der Waals surface area contributed by atoms with E-state index in [0.29, 0.717) is 12.2 Å². The van der Waals surface area contributed by atoms with E-state index in [9.17, 15) is 24.0 Å². The Bertz CT molecular complexity index is 1420. The number of hydrogen-bond donors (Lipinski definition) is 2. The number of methoxy groups -OCH3 is 1. The third kappa shape index (κ3) is 5.69. The molecule has 36 heavy (non-hydrogen) atoms. The van der Waals surface area contributed by atoms with Gasteiger partial charge in [-0.2, -0.15) is 0 Å². The van der Waals surface area contributed by atoms with E-state index in [4.69, 9.17) is 15.2 Å². The smallest absolute Gasteiger partial charge is 0.340 e. The van der Waals surface area contributed by atoms with Crippen molar-refractivity contribution in [1.29, 1.82) is 0 Å². The maximum atomic E-state index is 12.7. The highest BCUT2D eigenvalue weighted by Gasteiger charge is 2.22. The maximum Gasteiger partial charge on any atom is 0.340 e. The van der Waals surface area contributed by atoms with Crippen molar-refractivity contribution >= 4 is 29.2 Å². The Labute approximate surface area is 206 Å². The zero-order valence-electron chi connectivity index (χ0n) is 20.1. The van der Waals surface area contributed by atoms with E-state index in [1.165, 1.54) is 26.2 Å². The van der Waals surface area contributed by atoms with Crippen LogP contribution in [0.25, 0.3) is 0 Å². The van der Waals surface area contributed by atoms with E-state index in [1.807, 2.05) is 12.1 Å². The summed E-state index contributed by atoms with van der Waals surface area (Å²) in [5.41, 5.74) is 4.93. The molecule has 11 heteroatoms. The number of aromatic nitrogens is 2. The molecule has 0 fully saturated rings. The second-order valence-corrected chi connectivity index (χ2v) is 7.91. The van der Waals surface area contributed by atoms with Crippen molar-refractivity contribution < 1.29 is 23.9 Å². The molecular formula is C25H26N4O7. The molecule has 3 rings (SSSR count). The van der Waals surface area contributed by atoms with Crippen LogP contribution in [0.15, 0.2) is 58.1 Å². The predicted molar refractivity (Wildman–Crippen MR) is 132 cm³/mol. The third-order valence-corrected chi connectivity index (χ3v) is 5.54. The zero-order valence-corrected chi connectivity index (χ0v) is 20.1. The summed E-state index contributed by atoms with van der Waals surface area (Å²) < 4.78 is 11.9. The number of carbonyl (C=O) groups is 3. The van der Waals surface area contributed by atoms with Gasteiger partial charge in [-0.05, 0) is 36.2 Å². The molecule has 188 valence electrons. The third-order valence-electron chi connectivity index (χ3n) is 5.54. The van der Waals surface area contributed by atoms with Crippen LogP contribution in [0.5, 0.6) is 5.75 Å². The number of Topliss-reactive ketones (excluding diaryl/α,β-unsaturated/α-hetero) is 1. The van der Waals surface area contributed by atoms with E-state index in [1.54, 1.807) is 31.4 Å². The first-order valence-corrected chi connectivity index (χ1v) is 10.9. The van der Waals surface area contributed by atoms with E-state index >= 15 is 0 Å². The second-order valence-electron chi connectivity index (χ2n) is 7.91. The van der Waals surface area contributed by atoms with E-state index in [2.05, 4.69) is 5.32 Å². The van der Waals surface area contributed by atoms with Crippen molar-refractivity contribution in [3.8, 4) is 5.75 Å². The number of benzene rings is 2. The summed E-state index contributed by atoms with van der Waals surface area (Å²) in [5, 5.41) is 2.68. The van der Waals surface area contributed by atoms with Gasteiger partial charge in [0.25, 0.3) is 5.56 Å². The number of hydrogen-bond acceptors (Lipinski definition) is 8. The van der Waals surface area contributed by atoms with Gasteiger partial charge < -0.3 is 20.5 Å². The molecule has 0 aliphatic rings. The molecule has 0 radical (unpaired) electrons. The van der Waals surface area contributed by atoms with E-state index in [0.717, 1.165) is 14.7 Å². The van der Waals surface area contributed by atoms with Gasteiger partial charge in [0.2, 0.25) is 11.7 Å². The normalized spacial score (nSPS) is 10.5. The topological polar surface area (TPSA) is 152 Å². The van der Waals surface area contributed by atoms with Crippen molar-refractivity contribution in [2.24, 2.45) is 14.1 Å². The molecule has 1 aromatic heterocycles. The minimum atomic E-state index is -0.888. The van der Waals surface area contributed by atoms with Crippen LogP contribution in [0.1, 0.15) is 32.7 Å². The molecule has 1 amide bonds. The van der Waals surface area contributed by atoms with Gasteiger partial charge in [-0.15, -0.1) is 0 Å². The molecule has 3 aromatic rings. The van der Waals surface area contributed by atoms with Gasteiger partial charge in [0, 0.05) is 20.5 Å². The van der Waals surface area contributed by atoms with Crippen LogP contribution in [0.4, 0.5) is 11.5 Å². The van der Waals surface area contributed by atoms with Gasteiger partial charge in [0.05, 0.1) is 18.4 Å². The summed E-state index contributed by atoms with van der Waals surface area (Å²) in [4.78, 5) is 62.0. The minimum absolute atomic E-state index is 0.0319. The number of amides is 1. The first-order chi connectivity index (χ1) is 17.1. The van der Waals surface area contributed by atoms with Crippen molar-refractivity contribution in [3.63, 3.8) is 0 Å². The quantitative estimate of drug-likeness (QED) is 0.333. The van der Waals surface area contributed by atoms with Crippen LogP contribution in [0, 0.1) is 0 Å². The summed E-state index contributed by atoms with van der Waals surface area (Å²) in [6.45, 7) is -0.782. The van der Waals surface area contributed by atoms with Gasteiger partial charge in [0.1, 0.15) is 17.1 Å². The molecule has 0 unspecified atom stereocenters. The molecule has 0 saturated carbocycles. The van der Waals surface area contributed by atoms with Crippen LogP contribution < -0.4 is 27.0 Å². The minimum Gasteiger partial charge on any atom is -0.497 e. The van der Waals surface area contributed by atoms with Crippen molar-refractivity contribution in [3.05, 3.63) is 86.1 Å². The molecule has 2 aromatic carbocycles. The number of anilines is 2. The first-order valence-electron chi connectivity index (χ1n) is 10.9. The molecule has 0 spiro atoms. The first kappa shape index (κ1) is 25.9. The molecular weight excluding hydrogens is 468 g/mol. The summed E-state index contributed by atoms with van der Waals surface area (Å²) in [5.74, 6) is -1.67. The van der Waals surface area contributed by atoms with Gasteiger partial charge in [-0.3, -0.25) is 23.5 Å². The van der Waals surface area contributed by atoms with Gasteiger partial charge >= 0.3 is 11.7 Å². The molecule has 11 nitrogen and oxygen atoms in total. The fourth-order valence-corrected chi connectivity index (χ4v) is 3.44. The number of ketones is 1. The van der Waals surface area contributed by atoms with Gasteiger partial charge in [-0.25, -0.2) is 9.59 Å². The lowest BCUT2D eigenvalue weighted by atomic mass is 10.1. The number of nitrogens with zero attached hydrogens (tertiary/aromatic N) is 2. The van der Waals surface area contributed by atoms with Crippen LogP contribution in [0.3, 0.4) is 0 Å². The van der Waals surface area contributed by atoms with Crippen LogP contribution in [-0.4, -0.2) is 40.5 Å². The Morgan fingerprint density at radius 3 is 2.31 bits per heavy atom. The van der Waals surface area contributed by atoms with Crippen LogP contribution in [0.2, 0.25) is 0 Å². The molecule has 0 aliphatic carbocycles. The fraction of sp³-hybridized carbons (Fsp3) is 0.240. The Balaban J connectivity index is 1.66. The molecule has 0 saturated heterocycles. The van der Waals surface area contributed by atoms with Gasteiger partial charge in [-0.1, -0.05) is 24.3 Å².